The van der Waals surface area contributed by atoms with E-state index >= 15 is 0 Å². The van der Waals surface area contributed by atoms with E-state index in [1.165, 1.54) is 10.4 Å². The van der Waals surface area contributed by atoms with E-state index in [4.69, 9.17) is 10.5 Å². The molecule has 5 nitrogen and oxygen atoms in total. The second-order valence-electron chi connectivity index (χ2n) is 4.94. The molecule has 0 radical (unpaired) electrons. The molecular formula is C13H20N2O3S. The average Bonchev–Trinajstić information content (AvgIpc) is 2.37. The van der Waals surface area contributed by atoms with E-state index in [0.29, 0.717) is 18.9 Å². The normalized spacial score (nSPS) is 17.8. The number of nitrogen functional groups attached to an aromatic ring is 1. The Morgan fingerprint density at radius 3 is 2.47 bits per heavy atom. The van der Waals surface area contributed by atoms with Crippen molar-refractivity contribution in [2.75, 3.05) is 26.0 Å². The fourth-order valence-corrected chi connectivity index (χ4v) is 3.89. The van der Waals surface area contributed by atoms with Crippen LogP contribution in [0.15, 0.2) is 23.1 Å². The first kappa shape index (κ1) is 14.3. The number of sulfonamides is 1. The highest BCUT2D eigenvalue weighted by atomic mass is 32.2. The van der Waals surface area contributed by atoms with E-state index in [0.717, 1.165) is 18.4 Å². The third-order valence-corrected chi connectivity index (χ3v) is 5.34. The summed E-state index contributed by atoms with van der Waals surface area (Å²) in [4.78, 5) is 0.263. The smallest absolute Gasteiger partial charge is 0.243 e. The molecule has 0 amide bonds. The van der Waals surface area contributed by atoms with Gasteiger partial charge in [-0.15, -0.1) is 0 Å². The largest absolute Gasteiger partial charge is 0.399 e. The maximum absolute atomic E-state index is 12.6. The van der Waals surface area contributed by atoms with Crippen molar-refractivity contribution in [1.29, 1.82) is 0 Å². The Hall–Kier alpha value is -1.11. The summed E-state index contributed by atoms with van der Waals surface area (Å²) in [6, 6.07) is 4.92. The standard InChI is InChI=1S/C13H20N2O3S/c1-10-7-11(14)9-13(8-10)19(16,17)15(2)12-3-5-18-6-4-12/h7-9,12H,3-6,14H2,1-2H3. The van der Waals surface area contributed by atoms with Gasteiger partial charge in [-0.3, -0.25) is 0 Å². The molecule has 1 heterocycles. The summed E-state index contributed by atoms with van der Waals surface area (Å²) in [5.74, 6) is 0. The number of nitrogens with zero attached hydrogens (tertiary/aromatic N) is 1. The number of ether oxygens (including phenoxy) is 1. The quantitative estimate of drug-likeness (QED) is 0.851. The van der Waals surface area contributed by atoms with Crippen LogP contribution in [0.4, 0.5) is 5.69 Å². The van der Waals surface area contributed by atoms with Gasteiger partial charge in [-0.25, -0.2) is 8.42 Å². The van der Waals surface area contributed by atoms with Crippen LogP contribution in [-0.4, -0.2) is 39.0 Å². The zero-order valence-corrected chi connectivity index (χ0v) is 12.1. The topological polar surface area (TPSA) is 72.6 Å². The van der Waals surface area contributed by atoms with E-state index in [1.54, 1.807) is 19.2 Å². The highest BCUT2D eigenvalue weighted by Gasteiger charge is 2.29. The summed E-state index contributed by atoms with van der Waals surface area (Å²) in [6.45, 7) is 3.06. The molecular weight excluding hydrogens is 264 g/mol. The van der Waals surface area contributed by atoms with Crippen molar-refractivity contribution in [3.05, 3.63) is 23.8 Å². The third-order valence-electron chi connectivity index (χ3n) is 3.46. The molecule has 1 aromatic carbocycles. The van der Waals surface area contributed by atoms with Crippen molar-refractivity contribution in [1.82, 2.24) is 4.31 Å². The molecule has 1 fully saturated rings. The molecule has 1 aromatic rings. The lowest BCUT2D eigenvalue weighted by Crippen LogP contribution is -2.40. The SMILES string of the molecule is Cc1cc(N)cc(S(=O)(=O)N(C)C2CCOCC2)c1. The number of hydrogen-bond donors (Lipinski definition) is 1. The fraction of sp³-hybridized carbons (Fsp3) is 0.538. The van der Waals surface area contributed by atoms with Gasteiger partial charge in [-0.05, 0) is 43.5 Å². The zero-order valence-electron chi connectivity index (χ0n) is 11.3. The van der Waals surface area contributed by atoms with E-state index in [-0.39, 0.29) is 10.9 Å². The van der Waals surface area contributed by atoms with Crippen LogP contribution in [-0.2, 0) is 14.8 Å². The van der Waals surface area contributed by atoms with Crippen LogP contribution in [0.3, 0.4) is 0 Å². The molecule has 1 aliphatic heterocycles. The van der Waals surface area contributed by atoms with Crippen molar-refractivity contribution in [3.8, 4) is 0 Å². The first-order valence-corrected chi connectivity index (χ1v) is 7.78. The summed E-state index contributed by atoms with van der Waals surface area (Å²) in [5.41, 5.74) is 7.05. The molecule has 19 heavy (non-hydrogen) atoms. The van der Waals surface area contributed by atoms with Gasteiger partial charge in [-0.2, -0.15) is 4.31 Å². The van der Waals surface area contributed by atoms with Gasteiger partial charge in [0, 0.05) is 32.0 Å². The Morgan fingerprint density at radius 2 is 1.89 bits per heavy atom. The van der Waals surface area contributed by atoms with E-state index in [2.05, 4.69) is 0 Å². The molecule has 0 aliphatic carbocycles. The lowest BCUT2D eigenvalue weighted by molar-refractivity contribution is 0.0632. The highest BCUT2D eigenvalue weighted by Crippen LogP contribution is 2.24. The molecule has 0 saturated carbocycles. The van der Waals surface area contributed by atoms with Gasteiger partial charge in [0.15, 0.2) is 0 Å². The van der Waals surface area contributed by atoms with Crippen LogP contribution in [0, 0.1) is 6.92 Å². The summed E-state index contributed by atoms with van der Waals surface area (Å²) < 4.78 is 31.8. The minimum Gasteiger partial charge on any atom is -0.399 e. The lowest BCUT2D eigenvalue weighted by atomic mass is 10.1. The number of aryl methyl sites for hydroxylation is 1. The summed E-state index contributed by atoms with van der Waals surface area (Å²) >= 11 is 0. The minimum absolute atomic E-state index is 0.000451. The molecule has 0 bridgehead atoms. The van der Waals surface area contributed by atoms with E-state index in [9.17, 15) is 8.42 Å². The number of hydrogen-bond acceptors (Lipinski definition) is 4. The molecule has 2 rings (SSSR count). The van der Waals surface area contributed by atoms with Crippen LogP contribution in [0.5, 0.6) is 0 Å². The van der Waals surface area contributed by atoms with Crippen molar-refractivity contribution < 1.29 is 13.2 Å². The zero-order chi connectivity index (χ0) is 14.0. The van der Waals surface area contributed by atoms with Crippen LogP contribution in [0.25, 0.3) is 0 Å². The maximum atomic E-state index is 12.6. The van der Waals surface area contributed by atoms with Crippen molar-refractivity contribution >= 4 is 15.7 Å². The first-order chi connectivity index (χ1) is 8.91. The Bertz CT molecular complexity index is 531. The van der Waals surface area contributed by atoms with Crippen LogP contribution < -0.4 is 5.73 Å². The minimum atomic E-state index is -3.49. The van der Waals surface area contributed by atoms with Crippen molar-refractivity contribution in [2.24, 2.45) is 0 Å². The molecule has 2 N–H and O–H groups in total. The van der Waals surface area contributed by atoms with Gasteiger partial charge in [0.05, 0.1) is 4.90 Å². The van der Waals surface area contributed by atoms with Gasteiger partial charge >= 0.3 is 0 Å². The number of benzene rings is 1. The Balaban J connectivity index is 2.30. The summed E-state index contributed by atoms with van der Waals surface area (Å²) in [5, 5.41) is 0. The predicted molar refractivity (Wildman–Crippen MR) is 74.4 cm³/mol. The molecule has 1 saturated heterocycles. The molecule has 0 aromatic heterocycles. The first-order valence-electron chi connectivity index (χ1n) is 6.34. The Morgan fingerprint density at radius 1 is 1.26 bits per heavy atom. The number of anilines is 1. The fourth-order valence-electron chi connectivity index (χ4n) is 2.34. The van der Waals surface area contributed by atoms with Crippen molar-refractivity contribution in [2.45, 2.75) is 30.7 Å². The van der Waals surface area contributed by atoms with Gasteiger partial charge < -0.3 is 10.5 Å². The van der Waals surface area contributed by atoms with Gasteiger partial charge in [-0.1, -0.05) is 0 Å². The predicted octanol–water partition coefficient (Wildman–Crippen LogP) is 1.38. The molecule has 0 atom stereocenters. The van der Waals surface area contributed by atoms with Crippen molar-refractivity contribution in [3.63, 3.8) is 0 Å². The summed E-state index contributed by atoms with van der Waals surface area (Å²) in [6.07, 6.45) is 1.47. The van der Waals surface area contributed by atoms with E-state index < -0.39 is 10.0 Å². The van der Waals surface area contributed by atoms with Gasteiger partial charge in [0.1, 0.15) is 0 Å². The summed E-state index contributed by atoms with van der Waals surface area (Å²) in [7, 11) is -1.86. The van der Waals surface area contributed by atoms with Crippen LogP contribution in [0.1, 0.15) is 18.4 Å². The number of rotatable bonds is 3. The average molecular weight is 284 g/mol. The second-order valence-corrected chi connectivity index (χ2v) is 6.94. The lowest BCUT2D eigenvalue weighted by Gasteiger charge is -2.30. The number of nitrogens with two attached hydrogens (primary N) is 1. The van der Waals surface area contributed by atoms with Crippen LogP contribution >= 0.6 is 0 Å². The third kappa shape index (κ3) is 3.08. The molecule has 6 heteroatoms. The van der Waals surface area contributed by atoms with Crippen LogP contribution in [0.2, 0.25) is 0 Å². The van der Waals surface area contributed by atoms with Gasteiger partial charge in [0.2, 0.25) is 10.0 Å². The van der Waals surface area contributed by atoms with E-state index in [1.807, 2.05) is 6.92 Å². The highest BCUT2D eigenvalue weighted by molar-refractivity contribution is 7.89. The molecule has 106 valence electrons. The Labute approximate surface area is 114 Å². The molecule has 1 aliphatic rings. The second kappa shape index (κ2) is 5.48. The molecule has 0 unspecified atom stereocenters. The molecule has 0 spiro atoms. The van der Waals surface area contributed by atoms with Gasteiger partial charge in [0.25, 0.3) is 0 Å². The maximum Gasteiger partial charge on any atom is 0.243 e. The monoisotopic (exact) mass is 284 g/mol. The Kier molecular flexibility index (Phi) is 4.13.